The van der Waals surface area contributed by atoms with Gasteiger partial charge in [0.25, 0.3) is 0 Å². The molecule has 0 atom stereocenters. The van der Waals surface area contributed by atoms with Gasteiger partial charge in [-0.3, -0.25) is 0 Å². The van der Waals surface area contributed by atoms with Crippen LogP contribution < -0.4 is 15.6 Å². The van der Waals surface area contributed by atoms with Gasteiger partial charge in [-0.15, -0.1) is 0 Å². The lowest BCUT2D eigenvalue weighted by molar-refractivity contribution is 0.568. The summed E-state index contributed by atoms with van der Waals surface area (Å²) in [6.45, 7) is 1.79. The number of aromatic nitrogens is 3. The molecule has 2 heterocycles. The van der Waals surface area contributed by atoms with Crippen LogP contribution in [-0.4, -0.2) is 34.3 Å². The van der Waals surface area contributed by atoms with Gasteiger partial charge >= 0.3 is 0 Å². The van der Waals surface area contributed by atoms with Crippen LogP contribution in [0, 0.1) is 5.82 Å². The Kier molecular flexibility index (Phi) is 6.34. The molecule has 1 saturated heterocycles. The first-order valence-electron chi connectivity index (χ1n) is 9.74. The largest absolute Gasteiger partial charge is 0.341 e. The van der Waals surface area contributed by atoms with E-state index in [-0.39, 0.29) is 5.82 Å². The molecule has 30 heavy (non-hydrogen) atoms. The van der Waals surface area contributed by atoms with Crippen LogP contribution in [0.3, 0.4) is 0 Å². The summed E-state index contributed by atoms with van der Waals surface area (Å²) in [5.41, 5.74) is 4.44. The minimum Gasteiger partial charge on any atom is -0.341 e. The van der Waals surface area contributed by atoms with Crippen molar-refractivity contribution in [3.63, 3.8) is 0 Å². The highest BCUT2D eigenvalue weighted by Gasteiger charge is 2.16. The van der Waals surface area contributed by atoms with E-state index in [1.165, 1.54) is 18.6 Å². The number of benzene rings is 2. The molecule has 4 rings (SSSR count). The zero-order chi connectivity index (χ0) is 20.8. The highest BCUT2D eigenvalue weighted by molar-refractivity contribution is 6.30. The fraction of sp³-hybridized carbons (Fsp3) is 0.238. The Morgan fingerprint density at radius 3 is 2.33 bits per heavy atom. The van der Waals surface area contributed by atoms with Crippen molar-refractivity contribution in [1.82, 2.24) is 15.0 Å². The molecule has 0 saturated carbocycles. The molecular formula is C21H21ClFN7. The van der Waals surface area contributed by atoms with E-state index in [1.54, 1.807) is 30.5 Å². The zero-order valence-corrected chi connectivity index (χ0v) is 17.0. The average molecular weight is 426 g/mol. The highest BCUT2D eigenvalue weighted by Crippen LogP contribution is 2.21. The molecule has 0 aliphatic carbocycles. The van der Waals surface area contributed by atoms with Gasteiger partial charge in [-0.2, -0.15) is 20.1 Å². The van der Waals surface area contributed by atoms with Gasteiger partial charge in [0.2, 0.25) is 17.8 Å². The second-order valence-corrected chi connectivity index (χ2v) is 7.32. The molecule has 2 N–H and O–H groups in total. The molecule has 0 bridgehead atoms. The van der Waals surface area contributed by atoms with E-state index in [9.17, 15) is 4.39 Å². The number of nitrogens with zero attached hydrogens (tertiary/aromatic N) is 5. The topological polar surface area (TPSA) is 78.3 Å². The molecule has 2 aromatic carbocycles. The lowest BCUT2D eigenvalue weighted by Crippen LogP contribution is -2.31. The number of halogens is 2. The molecule has 0 amide bonds. The third kappa shape index (κ3) is 5.42. The van der Waals surface area contributed by atoms with Crippen LogP contribution in [0.2, 0.25) is 5.02 Å². The maximum Gasteiger partial charge on any atom is 0.250 e. The summed E-state index contributed by atoms with van der Waals surface area (Å²) in [6, 6.07) is 13.3. The van der Waals surface area contributed by atoms with E-state index in [0.717, 1.165) is 31.5 Å². The minimum absolute atomic E-state index is 0.302. The monoisotopic (exact) mass is 425 g/mol. The van der Waals surface area contributed by atoms with Crippen LogP contribution in [0.4, 0.5) is 27.9 Å². The van der Waals surface area contributed by atoms with Crippen LogP contribution in [-0.2, 0) is 0 Å². The molecule has 0 unspecified atom stereocenters. The van der Waals surface area contributed by atoms with Crippen LogP contribution in [0.5, 0.6) is 0 Å². The van der Waals surface area contributed by atoms with Crippen molar-refractivity contribution in [3.05, 3.63) is 64.9 Å². The Labute approximate surface area is 179 Å². The van der Waals surface area contributed by atoms with E-state index in [2.05, 4.69) is 35.7 Å². The van der Waals surface area contributed by atoms with Gasteiger partial charge in [-0.05, 0) is 61.2 Å². The number of rotatable bonds is 6. The van der Waals surface area contributed by atoms with E-state index in [0.29, 0.717) is 28.6 Å². The third-order valence-corrected chi connectivity index (χ3v) is 4.86. The summed E-state index contributed by atoms with van der Waals surface area (Å²) < 4.78 is 13.2. The molecule has 0 radical (unpaired) electrons. The van der Waals surface area contributed by atoms with Crippen molar-refractivity contribution in [2.75, 3.05) is 28.7 Å². The third-order valence-electron chi connectivity index (χ3n) is 4.61. The predicted octanol–water partition coefficient (Wildman–Crippen LogP) is 4.84. The Hall–Kier alpha value is -3.26. The molecule has 1 aliphatic heterocycles. The van der Waals surface area contributed by atoms with Crippen LogP contribution >= 0.6 is 11.6 Å². The van der Waals surface area contributed by atoms with Crippen molar-refractivity contribution in [2.24, 2.45) is 5.10 Å². The average Bonchev–Trinajstić information content (AvgIpc) is 2.77. The quantitative estimate of drug-likeness (QED) is 0.434. The highest BCUT2D eigenvalue weighted by atomic mass is 35.5. The van der Waals surface area contributed by atoms with Crippen molar-refractivity contribution in [2.45, 2.75) is 19.3 Å². The molecule has 0 spiro atoms. The van der Waals surface area contributed by atoms with E-state index in [1.807, 2.05) is 12.1 Å². The summed E-state index contributed by atoms with van der Waals surface area (Å²) in [5.74, 6) is 0.962. The van der Waals surface area contributed by atoms with Crippen molar-refractivity contribution >= 4 is 41.3 Å². The summed E-state index contributed by atoms with van der Waals surface area (Å²) in [4.78, 5) is 15.6. The number of hydrogen-bond donors (Lipinski definition) is 2. The molecule has 7 nitrogen and oxygen atoms in total. The van der Waals surface area contributed by atoms with Crippen LogP contribution in [0.25, 0.3) is 0 Å². The van der Waals surface area contributed by atoms with Crippen molar-refractivity contribution < 1.29 is 4.39 Å². The zero-order valence-electron chi connectivity index (χ0n) is 16.2. The number of hydrogen-bond acceptors (Lipinski definition) is 7. The fourth-order valence-corrected chi connectivity index (χ4v) is 3.21. The SMILES string of the molecule is Fc1ccc(Nc2nc(N/N=C/c3ccc(Cl)cc3)nc(N3CCCCC3)n2)cc1. The number of hydrazone groups is 1. The van der Waals surface area contributed by atoms with Gasteiger partial charge in [-0.1, -0.05) is 23.7 Å². The summed E-state index contributed by atoms with van der Waals surface area (Å²) in [5, 5.41) is 7.99. The van der Waals surface area contributed by atoms with Gasteiger partial charge in [-0.25, -0.2) is 9.82 Å². The molecule has 1 fully saturated rings. The normalized spacial score (nSPS) is 14.1. The second-order valence-electron chi connectivity index (χ2n) is 6.88. The first-order valence-corrected chi connectivity index (χ1v) is 10.1. The van der Waals surface area contributed by atoms with E-state index in [4.69, 9.17) is 11.6 Å². The first-order chi connectivity index (χ1) is 14.7. The van der Waals surface area contributed by atoms with Gasteiger partial charge < -0.3 is 10.2 Å². The number of anilines is 4. The van der Waals surface area contributed by atoms with E-state index >= 15 is 0 Å². The number of piperidine rings is 1. The smallest absolute Gasteiger partial charge is 0.250 e. The van der Waals surface area contributed by atoms with Crippen LogP contribution in [0.1, 0.15) is 24.8 Å². The lowest BCUT2D eigenvalue weighted by Gasteiger charge is -2.26. The Balaban J connectivity index is 1.55. The van der Waals surface area contributed by atoms with Gasteiger partial charge in [0.1, 0.15) is 5.82 Å². The fourth-order valence-electron chi connectivity index (χ4n) is 3.08. The summed E-state index contributed by atoms with van der Waals surface area (Å²) >= 11 is 5.91. The van der Waals surface area contributed by atoms with Gasteiger partial charge in [0.15, 0.2) is 0 Å². The van der Waals surface area contributed by atoms with Crippen molar-refractivity contribution in [1.29, 1.82) is 0 Å². The summed E-state index contributed by atoms with van der Waals surface area (Å²) in [6.07, 6.45) is 5.07. The molecule has 154 valence electrons. The van der Waals surface area contributed by atoms with Crippen LogP contribution in [0.15, 0.2) is 53.6 Å². The molecule has 9 heteroatoms. The molecule has 1 aromatic heterocycles. The minimum atomic E-state index is -0.302. The summed E-state index contributed by atoms with van der Waals surface area (Å²) in [7, 11) is 0. The molecular weight excluding hydrogens is 405 g/mol. The Bertz CT molecular complexity index is 1000. The van der Waals surface area contributed by atoms with Crippen molar-refractivity contribution in [3.8, 4) is 0 Å². The number of nitrogens with one attached hydrogen (secondary N) is 2. The molecule has 1 aliphatic rings. The first kappa shape index (κ1) is 20.0. The predicted molar refractivity (Wildman–Crippen MR) is 118 cm³/mol. The van der Waals surface area contributed by atoms with Gasteiger partial charge in [0.05, 0.1) is 6.21 Å². The maximum atomic E-state index is 13.2. The molecule has 3 aromatic rings. The van der Waals surface area contributed by atoms with E-state index < -0.39 is 0 Å². The Morgan fingerprint density at radius 1 is 0.900 bits per heavy atom. The van der Waals surface area contributed by atoms with Gasteiger partial charge in [0, 0.05) is 23.8 Å². The standard InChI is InChI=1S/C21H21ClFN7/c22-16-6-4-15(5-7-16)14-24-29-20-26-19(25-18-10-8-17(23)9-11-18)27-21(28-20)30-12-2-1-3-13-30/h4-11,14H,1-3,12-13H2,(H2,25,26,27,28,29)/b24-14+. The second kappa shape index (κ2) is 9.49. The lowest BCUT2D eigenvalue weighted by atomic mass is 10.1. The maximum absolute atomic E-state index is 13.2. The Morgan fingerprint density at radius 2 is 1.60 bits per heavy atom.